The van der Waals surface area contributed by atoms with Crippen LogP contribution in [0.15, 0.2) is 52.1 Å². The van der Waals surface area contributed by atoms with E-state index in [4.69, 9.17) is 4.42 Å². The van der Waals surface area contributed by atoms with Gasteiger partial charge in [0.25, 0.3) is 0 Å². The monoisotopic (exact) mass is 577 g/mol. The molecule has 1 unspecified atom stereocenters. The van der Waals surface area contributed by atoms with Crippen molar-refractivity contribution < 1.29 is 4.42 Å². The minimum absolute atomic E-state index is 0. The third-order valence-electron chi connectivity index (χ3n) is 5.97. The molecule has 0 aliphatic carbocycles. The number of benzene rings is 1. The first-order chi connectivity index (χ1) is 16.0. The van der Waals surface area contributed by atoms with E-state index in [9.17, 15) is 0 Å². The van der Waals surface area contributed by atoms with Crippen molar-refractivity contribution in [2.24, 2.45) is 4.99 Å². The summed E-state index contributed by atoms with van der Waals surface area (Å²) < 4.78 is 7.53. The second-order valence-corrected chi connectivity index (χ2v) is 9.05. The number of hydrogen-bond donors (Lipinski definition) is 2. The van der Waals surface area contributed by atoms with Gasteiger partial charge in [0, 0.05) is 38.5 Å². The lowest BCUT2D eigenvalue weighted by Crippen LogP contribution is -2.46. The summed E-state index contributed by atoms with van der Waals surface area (Å²) in [6.45, 7) is 7.42. The molecular weight excluding hydrogens is 541 g/mol. The maximum Gasteiger partial charge on any atom is 0.191 e. The molecule has 2 N–H and O–H groups in total. The molecule has 3 heterocycles. The van der Waals surface area contributed by atoms with Crippen molar-refractivity contribution in [3.8, 4) is 0 Å². The third kappa shape index (κ3) is 6.82. The highest BCUT2D eigenvalue weighted by Crippen LogP contribution is 2.17. The summed E-state index contributed by atoms with van der Waals surface area (Å²) in [6, 6.07) is 12.8. The molecule has 0 radical (unpaired) electrons. The number of halogens is 1. The number of aryl methyl sites for hydroxylation is 1. The van der Waals surface area contributed by atoms with E-state index in [0.29, 0.717) is 12.5 Å². The number of hydrogen-bond acceptors (Lipinski definition) is 5. The van der Waals surface area contributed by atoms with Crippen molar-refractivity contribution in [3.63, 3.8) is 0 Å². The molecule has 4 rings (SSSR count). The van der Waals surface area contributed by atoms with E-state index in [2.05, 4.69) is 75.8 Å². The molecule has 0 fully saturated rings. The molecule has 0 bridgehead atoms. The zero-order valence-corrected chi connectivity index (χ0v) is 22.8. The Labute approximate surface area is 219 Å². The number of nitrogens with zero attached hydrogens (tertiary/aromatic N) is 5. The predicted molar refractivity (Wildman–Crippen MR) is 145 cm³/mol. The molecule has 1 aromatic carbocycles. The van der Waals surface area contributed by atoms with Crippen LogP contribution < -0.4 is 10.6 Å². The van der Waals surface area contributed by atoms with Crippen LogP contribution in [0, 0.1) is 0 Å². The van der Waals surface area contributed by atoms with E-state index in [1.54, 1.807) is 6.26 Å². The molecular formula is C25H36IN7O. The van der Waals surface area contributed by atoms with E-state index in [1.165, 1.54) is 11.1 Å². The molecule has 0 saturated heterocycles. The van der Waals surface area contributed by atoms with Gasteiger partial charge in [-0.25, -0.2) is 9.67 Å². The van der Waals surface area contributed by atoms with Gasteiger partial charge in [-0.05, 0) is 36.7 Å². The fourth-order valence-electron chi connectivity index (χ4n) is 4.16. The van der Waals surface area contributed by atoms with Gasteiger partial charge < -0.3 is 15.1 Å². The largest absolute Gasteiger partial charge is 0.468 e. The SMILES string of the molecule is CN=C(NCc1ccccc1CN(C)Cc1ccco1)NC1CCc2nc(C(C)C)nn2C1.I. The van der Waals surface area contributed by atoms with E-state index >= 15 is 0 Å². The Kier molecular flexibility index (Phi) is 9.52. The fraction of sp³-hybridized carbons (Fsp3) is 0.480. The fourth-order valence-corrected chi connectivity index (χ4v) is 4.16. The van der Waals surface area contributed by atoms with Crippen LogP contribution >= 0.6 is 24.0 Å². The van der Waals surface area contributed by atoms with Gasteiger partial charge >= 0.3 is 0 Å². The Morgan fingerprint density at radius 3 is 2.71 bits per heavy atom. The van der Waals surface area contributed by atoms with E-state index < -0.39 is 0 Å². The van der Waals surface area contributed by atoms with Gasteiger partial charge in [-0.2, -0.15) is 5.10 Å². The van der Waals surface area contributed by atoms with Crippen molar-refractivity contribution in [1.29, 1.82) is 0 Å². The van der Waals surface area contributed by atoms with Crippen LogP contribution in [0.1, 0.15) is 54.7 Å². The summed E-state index contributed by atoms with van der Waals surface area (Å²) in [5.41, 5.74) is 2.55. The Hall–Kier alpha value is -2.40. The molecule has 9 heteroatoms. The Morgan fingerprint density at radius 1 is 1.21 bits per heavy atom. The Morgan fingerprint density at radius 2 is 2.00 bits per heavy atom. The van der Waals surface area contributed by atoms with E-state index in [1.807, 2.05) is 23.9 Å². The van der Waals surface area contributed by atoms with Crippen LogP contribution in [0.2, 0.25) is 0 Å². The highest BCUT2D eigenvalue weighted by atomic mass is 127. The van der Waals surface area contributed by atoms with Crippen LogP contribution in [0.3, 0.4) is 0 Å². The minimum Gasteiger partial charge on any atom is -0.468 e. The number of rotatable bonds is 8. The number of guanidine groups is 1. The lowest BCUT2D eigenvalue weighted by molar-refractivity contribution is 0.287. The minimum atomic E-state index is 0. The topological polar surface area (TPSA) is 83.5 Å². The van der Waals surface area contributed by atoms with Gasteiger partial charge in [0.05, 0.1) is 19.4 Å². The normalized spacial score (nSPS) is 15.8. The van der Waals surface area contributed by atoms with Crippen molar-refractivity contribution in [2.45, 2.75) is 64.8 Å². The number of nitrogens with one attached hydrogen (secondary N) is 2. The summed E-state index contributed by atoms with van der Waals surface area (Å²) in [6.07, 6.45) is 3.67. The van der Waals surface area contributed by atoms with Gasteiger partial charge in [0.1, 0.15) is 11.6 Å². The summed E-state index contributed by atoms with van der Waals surface area (Å²) in [5.74, 6) is 4.16. The van der Waals surface area contributed by atoms with Crippen LogP contribution in [-0.4, -0.2) is 45.8 Å². The Balaban J connectivity index is 0.00000324. The molecule has 2 aromatic heterocycles. The van der Waals surface area contributed by atoms with Gasteiger partial charge in [-0.3, -0.25) is 9.89 Å². The first-order valence-corrected chi connectivity index (χ1v) is 11.7. The second kappa shape index (κ2) is 12.3. The molecule has 1 aliphatic rings. The van der Waals surface area contributed by atoms with Crippen molar-refractivity contribution in [1.82, 2.24) is 30.3 Å². The number of fused-ring (bicyclic) bond motifs is 1. The maximum absolute atomic E-state index is 5.48. The van der Waals surface area contributed by atoms with Crippen LogP contribution in [0.4, 0.5) is 0 Å². The average Bonchev–Trinajstić information content (AvgIpc) is 3.47. The highest BCUT2D eigenvalue weighted by Gasteiger charge is 2.23. The average molecular weight is 578 g/mol. The maximum atomic E-state index is 5.48. The summed E-state index contributed by atoms with van der Waals surface area (Å²) in [7, 11) is 3.93. The van der Waals surface area contributed by atoms with Gasteiger partial charge in [0.15, 0.2) is 11.8 Å². The predicted octanol–water partition coefficient (Wildman–Crippen LogP) is 3.92. The zero-order valence-electron chi connectivity index (χ0n) is 20.5. The third-order valence-corrected chi connectivity index (χ3v) is 5.97. The quantitative estimate of drug-likeness (QED) is 0.240. The van der Waals surface area contributed by atoms with Crippen LogP contribution in [0.5, 0.6) is 0 Å². The van der Waals surface area contributed by atoms with Crippen molar-refractivity contribution in [3.05, 3.63) is 71.2 Å². The lowest BCUT2D eigenvalue weighted by atomic mass is 10.1. The molecule has 0 amide bonds. The molecule has 3 aromatic rings. The van der Waals surface area contributed by atoms with Crippen molar-refractivity contribution in [2.75, 3.05) is 14.1 Å². The van der Waals surface area contributed by atoms with E-state index in [-0.39, 0.29) is 30.0 Å². The molecule has 8 nitrogen and oxygen atoms in total. The van der Waals surface area contributed by atoms with Gasteiger partial charge in [0.2, 0.25) is 0 Å². The molecule has 0 spiro atoms. The lowest BCUT2D eigenvalue weighted by Gasteiger charge is -2.25. The molecule has 1 aliphatic heterocycles. The first kappa shape index (κ1) is 26.2. The van der Waals surface area contributed by atoms with Crippen LogP contribution in [0.25, 0.3) is 0 Å². The van der Waals surface area contributed by atoms with E-state index in [0.717, 1.165) is 55.8 Å². The second-order valence-electron chi connectivity index (χ2n) is 9.05. The number of aromatic nitrogens is 3. The highest BCUT2D eigenvalue weighted by molar-refractivity contribution is 14.0. The standard InChI is InChI=1S/C25H35N7O.HI/c1-18(2)24-29-23-12-11-21(16-32(23)30-24)28-25(26-3)27-14-19-8-5-6-9-20(19)15-31(4)17-22-10-7-13-33-22;/h5-10,13,18,21H,11-12,14-17H2,1-4H3,(H2,26,27,28);1H. The molecule has 184 valence electrons. The number of furan rings is 1. The molecule has 34 heavy (non-hydrogen) atoms. The van der Waals surface area contributed by atoms with Gasteiger partial charge in [-0.15, -0.1) is 24.0 Å². The van der Waals surface area contributed by atoms with Crippen LogP contribution in [-0.2, 0) is 32.6 Å². The number of aliphatic imine (C=N–C) groups is 1. The molecule has 1 atom stereocenters. The molecule has 0 saturated carbocycles. The van der Waals surface area contributed by atoms with Crippen molar-refractivity contribution >= 4 is 29.9 Å². The zero-order chi connectivity index (χ0) is 23.2. The first-order valence-electron chi connectivity index (χ1n) is 11.7. The Bertz CT molecular complexity index is 1060. The summed E-state index contributed by atoms with van der Waals surface area (Å²) in [5, 5.41) is 11.8. The van der Waals surface area contributed by atoms with Gasteiger partial charge in [-0.1, -0.05) is 38.1 Å². The smallest absolute Gasteiger partial charge is 0.191 e. The summed E-state index contributed by atoms with van der Waals surface area (Å²) in [4.78, 5) is 11.4. The summed E-state index contributed by atoms with van der Waals surface area (Å²) >= 11 is 0.